The van der Waals surface area contributed by atoms with Crippen molar-refractivity contribution in [2.45, 2.75) is 244 Å². The topological polar surface area (TPSA) is 670 Å². The van der Waals surface area contributed by atoms with Crippen LogP contribution in [0.2, 0.25) is 0 Å². The summed E-state index contributed by atoms with van der Waals surface area (Å²) >= 11 is 0. The summed E-state index contributed by atoms with van der Waals surface area (Å²) in [5, 5.41) is 79.9. The molecule has 0 saturated heterocycles. The Kier molecular flexibility index (Phi) is 45.3. The van der Waals surface area contributed by atoms with Crippen LogP contribution in [0.5, 0.6) is 0 Å². The molecule has 0 aliphatic rings. The molecule has 1 heterocycles. The molecule has 0 saturated carbocycles. The van der Waals surface area contributed by atoms with Crippen LogP contribution in [0.25, 0.3) is 0 Å². The van der Waals surface area contributed by atoms with Gasteiger partial charge in [-0.05, 0) is 146 Å². The molecular formula is C66H123N25O14. The van der Waals surface area contributed by atoms with Crippen LogP contribution in [0, 0.1) is 39.9 Å². The van der Waals surface area contributed by atoms with Gasteiger partial charge in [0.1, 0.15) is 66.5 Å². The smallest absolute Gasteiger partial charge is 0.326 e. The highest BCUT2D eigenvalue weighted by Gasteiger charge is 2.38. The molecule has 0 radical (unpaired) electrons. The molecule has 0 unspecified atom stereocenters. The summed E-state index contributed by atoms with van der Waals surface area (Å²) in [5.74, 6) is -12.7. The molecule has 1 aromatic rings. The van der Waals surface area contributed by atoms with Crippen LogP contribution < -0.4 is 109 Å². The highest BCUT2D eigenvalue weighted by Crippen LogP contribution is 2.15. The lowest BCUT2D eigenvalue weighted by molar-refractivity contribution is -0.143. The predicted molar refractivity (Wildman–Crippen MR) is 393 cm³/mol. The fourth-order valence-corrected chi connectivity index (χ4v) is 10.8. The van der Waals surface area contributed by atoms with Crippen LogP contribution in [-0.2, 0) is 64.0 Å². The summed E-state index contributed by atoms with van der Waals surface area (Å²) in [6.07, 6.45) is 3.95. The minimum Gasteiger partial charge on any atom is -0.480 e. The number of carbonyl (C=O) groups is 12. The van der Waals surface area contributed by atoms with E-state index in [0.717, 1.165) is 0 Å². The number of aliphatic hydroxyl groups excluding tert-OH is 1. The van der Waals surface area contributed by atoms with Gasteiger partial charge in [0.05, 0.1) is 24.7 Å². The van der Waals surface area contributed by atoms with Gasteiger partial charge in [-0.3, -0.25) is 69.0 Å². The van der Waals surface area contributed by atoms with E-state index in [0.29, 0.717) is 18.5 Å². The Morgan fingerprint density at radius 2 is 0.648 bits per heavy atom. The maximum atomic E-state index is 14.8. The number of hydrogen-bond acceptors (Lipinski definition) is 20. The van der Waals surface area contributed by atoms with E-state index in [-0.39, 0.29) is 171 Å². The highest BCUT2D eigenvalue weighted by molar-refractivity contribution is 5.99. The average Bonchev–Trinajstić information content (AvgIpc) is 1.29. The highest BCUT2D eigenvalue weighted by atomic mass is 16.4. The first-order valence-electron chi connectivity index (χ1n) is 36.0. The number of aliphatic hydroxyl groups is 1. The van der Waals surface area contributed by atoms with Gasteiger partial charge in [-0.25, -0.2) is 9.78 Å². The van der Waals surface area contributed by atoms with Gasteiger partial charge in [-0.2, -0.15) is 0 Å². The van der Waals surface area contributed by atoms with E-state index in [1.54, 1.807) is 55.4 Å². The van der Waals surface area contributed by atoms with E-state index < -0.39 is 150 Å². The molecule has 39 nitrogen and oxygen atoms in total. The van der Waals surface area contributed by atoms with Crippen molar-refractivity contribution in [2.75, 3.05) is 39.3 Å². The first-order chi connectivity index (χ1) is 49.4. The Morgan fingerprint density at radius 3 is 0.914 bits per heavy atom. The molecule has 0 aliphatic carbocycles. The lowest BCUT2D eigenvalue weighted by Crippen LogP contribution is -2.61. The number of aliphatic carboxylic acids is 1. The predicted octanol–water partition coefficient (Wildman–Crippen LogP) is -5.06. The zero-order chi connectivity index (χ0) is 79.5. The van der Waals surface area contributed by atoms with Crippen LogP contribution in [-0.4, -0.2) is 221 Å². The molecule has 596 valence electrons. The molecule has 0 bridgehead atoms. The quantitative estimate of drug-likeness (QED) is 0.0165. The summed E-state index contributed by atoms with van der Waals surface area (Å²) in [5.41, 5.74) is 34.3. The number of unbranched alkanes of at least 4 members (excludes halogenated alkanes) is 2. The maximum absolute atomic E-state index is 14.8. The second-order valence-electron chi connectivity index (χ2n) is 27.8. The molecule has 1 rings (SSSR count). The Bertz CT molecular complexity index is 2940. The largest absolute Gasteiger partial charge is 0.480 e. The average molecular weight is 1490 g/mol. The van der Waals surface area contributed by atoms with Crippen molar-refractivity contribution in [3.8, 4) is 0 Å². The van der Waals surface area contributed by atoms with Gasteiger partial charge >= 0.3 is 5.97 Å². The van der Waals surface area contributed by atoms with Gasteiger partial charge in [0.25, 0.3) is 0 Å². The minimum atomic E-state index is -1.53. The van der Waals surface area contributed by atoms with Crippen molar-refractivity contribution in [1.29, 1.82) is 16.2 Å². The van der Waals surface area contributed by atoms with Gasteiger partial charge in [0, 0.05) is 32.3 Å². The van der Waals surface area contributed by atoms with E-state index in [4.69, 9.17) is 50.6 Å². The molecule has 0 aromatic carbocycles. The molecular weight excluding hydrogens is 1370 g/mol. The van der Waals surface area contributed by atoms with Crippen LogP contribution in [0.3, 0.4) is 0 Å². The number of carbonyl (C=O) groups excluding carboxylic acids is 11. The van der Waals surface area contributed by atoms with E-state index in [1.165, 1.54) is 19.4 Å². The molecule has 105 heavy (non-hydrogen) atoms. The van der Waals surface area contributed by atoms with Gasteiger partial charge in [-0.1, -0.05) is 55.4 Å². The molecule has 0 fully saturated rings. The summed E-state index contributed by atoms with van der Waals surface area (Å²) in [7, 11) is 0. The Morgan fingerprint density at radius 1 is 0.390 bits per heavy atom. The van der Waals surface area contributed by atoms with Crippen LogP contribution in [0.4, 0.5) is 0 Å². The number of nitrogens with two attached hydrogens (primary N) is 6. The SMILES string of the molecule is CC(C)C[C@H](NC(=O)[C@H](CC(C)C)NC(=O)[C@H](CCCNC(=N)N)NC(=O)[C@H](CCCCN)NC(=O)[C@H](CCCNC(=N)N)NC(=O)[C@H](CC(C)C)NC(=O)[C@H](CCCCN)NC(=O)[C@H](CCCNC(=N)N)NC(=O)[C@H](CC(C)C)NC(=O)[C@H](Cc1c[nH]cn1)NC(=O)[C@H](CO)NC(=O)[C@H](C)N)C(=O)O. The second kappa shape index (κ2) is 50.8. The monoisotopic (exact) mass is 1490 g/mol. The van der Waals surface area contributed by atoms with Gasteiger partial charge in [0.2, 0.25) is 65.0 Å². The van der Waals surface area contributed by atoms with E-state index in [9.17, 15) is 67.7 Å². The summed E-state index contributed by atoms with van der Waals surface area (Å²) < 4.78 is 0. The normalized spacial score (nSPS) is 14.7. The summed E-state index contributed by atoms with van der Waals surface area (Å²) in [4.78, 5) is 176. The number of aromatic nitrogens is 2. The number of amides is 11. The maximum Gasteiger partial charge on any atom is 0.326 e. The standard InChI is InChI=1S/C66H123N25O14/c1-35(2)27-46(58(99)84-43(19-14-24-77-64(70)71)54(95)81-41(17-10-12-22-67)53(94)83-45(21-16-26-79-66(74)75)57(98)87-48(29-37(5)6)60(101)90-50(63(104)105)30-38(7)8)86-56(97)42(18-11-13-23-68)82-55(96)44(20-15-25-78-65(72)73)85-59(100)47(28-36(3)4)88-61(102)49(31-40-32-76-34-80-40)89-62(103)51(33-92)91-52(93)39(9)69/h32,34-39,41-51,92H,10-31,33,67-69H2,1-9H3,(H,76,80)(H,81,95)(H,82,96)(H,83,94)(H,84,99)(H,85,100)(H,86,97)(H,87,98)(H,88,102)(H,89,103)(H,90,101)(H,91,93)(H,104,105)(H4,70,71,77)(H4,72,73,78)(H4,74,75,79)/t39-,41-,42-,43-,44-,45-,46-,47-,48-,49-,50-,51-/m0/s1. The molecule has 39 heteroatoms. The molecule has 11 amide bonds. The van der Waals surface area contributed by atoms with Gasteiger partial charge in [0.15, 0.2) is 17.9 Å². The summed E-state index contributed by atoms with van der Waals surface area (Å²) in [6.45, 7) is 15.3. The van der Waals surface area contributed by atoms with Crippen molar-refractivity contribution in [3.63, 3.8) is 0 Å². The Balaban J connectivity index is 3.86. The zero-order valence-electron chi connectivity index (χ0n) is 62.4. The number of rotatable bonds is 54. The number of carboxylic acids is 1. The number of nitrogens with zero attached hydrogens (tertiary/aromatic N) is 1. The number of nitrogens with one attached hydrogen (secondary N) is 18. The number of carboxylic acid groups (broad SMARTS) is 1. The molecule has 12 atom stereocenters. The zero-order valence-corrected chi connectivity index (χ0v) is 62.4. The third-order valence-corrected chi connectivity index (χ3v) is 16.2. The third kappa shape index (κ3) is 39.8. The molecule has 32 N–H and O–H groups in total. The van der Waals surface area contributed by atoms with Crippen molar-refractivity contribution in [1.82, 2.24) is 84.4 Å². The number of H-pyrrole nitrogens is 1. The van der Waals surface area contributed by atoms with Crippen LogP contribution in [0.1, 0.15) is 171 Å². The fourth-order valence-electron chi connectivity index (χ4n) is 10.8. The lowest BCUT2D eigenvalue weighted by Gasteiger charge is -2.29. The Hall–Kier alpha value is -9.50. The Labute approximate surface area is 614 Å². The second-order valence-corrected chi connectivity index (χ2v) is 27.8. The molecule has 0 aliphatic heterocycles. The summed E-state index contributed by atoms with van der Waals surface area (Å²) in [6, 6.07) is -16.4. The van der Waals surface area contributed by atoms with Crippen LogP contribution >= 0.6 is 0 Å². The number of hydrogen-bond donors (Lipinski definition) is 26. The van der Waals surface area contributed by atoms with E-state index in [1.807, 2.05) is 0 Å². The third-order valence-electron chi connectivity index (χ3n) is 16.2. The van der Waals surface area contributed by atoms with Crippen LogP contribution in [0.15, 0.2) is 12.5 Å². The van der Waals surface area contributed by atoms with Crippen molar-refractivity contribution < 1.29 is 67.7 Å². The van der Waals surface area contributed by atoms with Crippen molar-refractivity contribution >= 4 is 88.8 Å². The first-order valence-corrected chi connectivity index (χ1v) is 36.0. The first kappa shape index (κ1) is 93.5. The van der Waals surface area contributed by atoms with Crippen molar-refractivity contribution in [2.24, 2.45) is 58.1 Å². The van der Waals surface area contributed by atoms with Gasteiger partial charge < -0.3 is 124 Å². The number of guanidine groups is 3. The molecule has 0 spiro atoms. The fraction of sp³-hybridized carbons (Fsp3) is 0.727. The van der Waals surface area contributed by atoms with Gasteiger partial charge in [-0.15, -0.1) is 0 Å². The van der Waals surface area contributed by atoms with E-state index >= 15 is 0 Å². The number of aromatic amines is 1. The lowest BCUT2D eigenvalue weighted by atomic mass is 9.99. The minimum absolute atomic E-state index is 0.0113. The van der Waals surface area contributed by atoms with E-state index in [2.05, 4.69) is 84.4 Å². The molecule has 1 aromatic heterocycles. The number of imidazole rings is 1. The van der Waals surface area contributed by atoms with Crippen molar-refractivity contribution in [3.05, 3.63) is 18.2 Å².